The molecule has 1 rings (SSSR count). The van der Waals surface area contributed by atoms with Crippen molar-refractivity contribution in [2.45, 2.75) is 45.3 Å². The summed E-state index contributed by atoms with van der Waals surface area (Å²) in [6.07, 6.45) is 6.47. The first-order chi connectivity index (χ1) is 8.93. The van der Waals surface area contributed by atoms with Crippen LogP contribution in [0.1, 0.15) is 33.1 Å². The largest absolute Gasteiger partial charge is 0.416 e. The fourth-order valence-corrected chi connectivity index (χ4v) is 2.03. The van der Waals surface area contributed by atoms with Crippen LogP contribution in [0, 0.1) is 5.92 Å². The Hall–Kier alpha value is -1.03. The number of hydrogen-bond donors (Lipinski definition) is 1. The molecule has 0 aromatic heterocycles. The van der Waals surface area contributed by atoms with Gasteiger partial charge in [0.15, 0.2) is 0 Å². The predicted octanol–water partition coefficient (Wildman–Crippen LogP) is 4.39. The fourth-order valence-electron chi connectivity index (χ4n) is 2.03. The Bertz CT molecular complexity index is 353. The molecule has 2 atom stereocenters. The Labute approximate surface area is 113 Å². The number of halogens is 3. The van der Waals surface area contributed by atoms with Crippen LogP contribution in [0.25, 0.3) is 0 Å². The molecule has 1 aliphatic rings. The predicted molar refractivity (Wildman–Crippen MR) is 72.9 cm³/mol. The molecule has 0 amide bonds. The molecule has 0 spiro atoms. The molecule has 108 valence electrons. The molecule has 0 bridgehead atoms. The van der Waals surface area contributed by atoms with Gasteiger partial charge in [-0.2, -0.15) is 13.2 Å². The number of nitrogens with one attached hydrogen (secondary N) is 1. The zero-order valence-corrected chi connectivity index (χ0v) is 11.5. The van der Waals surface area contributed by atoms with E-state index in [-0.39, 0.29) is 6.04 Å². The van der Waals surface area contributed by atoms with Gasteiger partial charge in [-0.05, 0) is 25.2 Å². The lowest BCUT2D eigenvalue weighted by molar-refractivity contribution is -0.0884. The van der Waals surface area contributed by atoms with Gasteiger partial charge in [0, 0.05) is 12.6 Å². The van der Waals surface area contributed by atoms with E-state index < -0.39 is 11.7 Å². The standard InChI is InChI=1S/C15H22F3N/c1-3-5-13(15(16,17)18)6-4-11-19-14-9-7-12(2)8-10-14/h4-7,9,12,14,19H,3,8,10-11H2,1-2H3/b6-4-,13-5+. The Morgan fingerprint density at radius 2 is 2.05 bits per heavy atom. The summed E-state index contributed by atoms with van der Waals surface area (Å²) in [6.45, 7) is 4.32. The van der Waals surface area contributed by atoms with Crippen molar-refractivity contribution in [3.05, 3.63) is 36.0 Å². The molecule has 0 aliphatic heterocycles. The minimum absolute atomic E-state index is 0.283. The van der Waals surface area contributed by atoms with Crippen LogP contribution in [0.2, 0.25) is 0 Å². The molecule has 0 fully saturated rings. The number of allylic oxidation sites excluding steroid dienone is 4. The molecule has 1 N–H and O–H groups in total. The first-order valence-corrected chi connectivity index (χ1v) is 6.79. The summed E-state index contributed by atoms with van der Waals surface area (Å²) in [6, 6.07) is 0.283. The van der Waals surface area contributed by atoms with Gasteiger partial charge in [-0.1, -0.05) is 44.2 Å². The van der Waals surface area contributed by atoms with Gasteiger partial charge in [-0.25, -0.2) is 0 Å². The van der Waals surface area contributed by atoms with E-state index in [1.54, 1.807) is 13.0 Å². The number of rotatable bonds is 5. The fraction of sp³-hybridized carbons (Fsp3) is 0.600. The van der Waals surface area contributed by atoms with E-state index >= 15 is 0 Å². The first-order valence-electron chi connectivity index (χ1n) is 6.79. The van der Waals surface area contributed by atoms with Crippen molar-refractivity contribution in [3.8, 4) is 0 Å². The molecule has 0 aromatic carbocycles. The van der Waals surface area contributed by atoms with Gasteiger partial charge in [0.25, 0.3) is 0 Å². The van der Waals surface area contributed by atoms with Crippen molar-refractivity contribution in [3.63, 3.8) is 0 Å². The van der Waals surface area contributed by atoms with Crippen LogP contribution in [-0.4, -0.2) is 18.8 Å². The highest BCUT2D eigenvalue weighted by Crippen LogP contribution is 2.26. The summed E-state index contributed by atoms with van der Waals surface area (Å²) in [5, 5.41) is 3.22. The smallest absolute Gasteiger partial charge is 0.307 e. The molecule has 0 radical (unpaired) electrons. The third-order valence-electron chi connectivity index (χ3n) is 3.15. The quantitative estimate of drug-likeness (QED) is 0.579. The van der Waals surface area contributed by atoms with E-state index in [1.807, 2.05) is 0 Å². The zero-order chi connectivity index (χ0) is 14.3. The average molecular weight is 273 g/mol. The second-order valence-electron chi connectivity index (χ2n) is 4.92. The highest BCUT2D eigenvalue weighted by Gasteiger charge is 2.30. The molecule has 4 heteroatoms. The third-order valence-corrected chi connectivity index (χ3v) is 3.15. The van der Waals surface area contributed by atoms with Crippen molar-refractivity contribution >= 4 is 0 Å². The summed E-state index contributed by atoms with van der Waals surface area (Å²) < 4.78 is 37.7. The molecule has 0 heterocycles. The molecular formula is C15H22F3N. The molecule has 0 saturated carbocycles. The summed E-state index contributed by atoms with van der Waals surface area (Å²) >= 11 is 0. The van der Waals surface area contributed by atoms with E-state index in [0.717, 1.165) is 18.9 Å². The van der Waals surface area contributed by atoms with Gasteiger partial charge >= 0.3 is 6.18 Å². The topological polar surface area (TPSA) is 12.0 Å². The Morgan fingerprint density at radius 1 is 1.32 bits per heavy atom. The van der Waals surface area contributed by atoms with E-state index in [1.165, 1.54) is 6.08 Å². The maximum atomic E-state index is 12.6. The van der Waals surface area contributed by atoms with E-state index in [0.29, 0.717) is 18.9 Å². The minimum Gasteiger partial charge on any atom is -0.307 e. The minimum atomic E-state index is -4.26. The van der Waals surface area contributed by atoms with Gasteiger partial charge in [0.1, 0.15) is 0 Å². The van der Waals surface area contributed by atoms with Gasteiger partial charge in [-0.3, -0.25) is 0 Å². The van der Waals surface area contributed by atoms with Crippen LogP contribution < -0.4 is 5.32 Å². The SMILES string of the molecule is CC/C=C(\C=C/CNC1C=CC(C)CC1)C(F)(F)F. The first kappa shape index (κ1) is 16.0. The van der Waals surface area contributed by atoms with Crippen molar-refractivity contribution < 1.29 is 13.2 Å². The normalized spacial score (nSPS) is 25.2. The molecule has 1 nitrogen and oxygen atoms in total. The highest BCUT2D eigenvalue weighted by atomic mass is 19.4. The van der Waals surface area contributed by atoms with E-state index in [4.69, 9.17) is 0 Å². The van der Waals surface area contributed by atoms with Crippen LogP contribution in [0.15, 0.2) is 36.0 Å². The van der Waals surface area contributed by atoms with Crippen molar-refractivity contribution in [2.75, 3.05) is 6.54 Å². The lowest BCUT2D eigenvalue weighted by Gasteiger charge is -2.20. The Balaban J connectivity index is 2.41. The second kappa shape index (κ2) is 7.53. The summed E-state index contributed by atoms with van der Waals surface area (Å²) in [5.41, 5.74) is -0.565. The number of alkyl halides is 3. The highest BCUT2D eigenvalue weighted by molar-refractivity contribution is 5.23. The third kappa shape index (κ3) is 6.10. The molecule has 2 unspecified atom stereocenters. The molecular weight excluding hydrogens is 251 g/mol. The van der Waals surface area contributed by atoms with Crippen LogP contribution in [0.3, 0.4) is 0 Å². The van der Waals surface area contributed by atoms with E-state index in [9.17, 15) is 13.2 Å². The molecule has 0 saturated heterocycles. The van der Waals surface area contributed by atoms with Crippen LogP contribution in [-0.2, 0) is 0 Å². The Morgan fingerprint density at radius 3 is 2.58 bits per heavy atom. The second-order valence-corrected chi connectivity index (χ2v) is 4.92. The summed E-state index contributed by atoms with van der Waals surface area (Å²) in [4.78, 5) is 0. The van der Waals surface area contributed by atoms with Crippen molar-refractivity contribution in [2.24, 2.45) is 5.92 Å². The van der Waals surface area contributed by atoms with Crippen molar-refractivity contribution in [1.82, 2.24) is 5.32 Å². The maximum absolute atomic E-state index is 12.6. The maximum Gasteiger partial charge on any atom is 0.416 e. The average Bonchev–Trinajstić information content (AvgIpc) is 2.34. The molecule has 1 aliphatic carbocycles. The lowest BCUT2D eigenvalue weighted by Crippen LogP contribution is -2.29. The van der Waals surface area contributed by atoms with Crippen LogP contribution in [0.5, 0.6) is 0 Å². The van der Waals surface area contributed by atoms with Gasteiger partial charge in [-0.15, -0.1) is 0 Å². The number of hydrogen-bond acceptors (Lipinski definition) is 1. The monoisotopic (exact) mass is 273 g/mol. The van der Waals surface area contributed by atoms with Gasteiger partial charge in [0.2, 0.25) is 0 Å². The van der Waals surface area contributed by atoms with E-state index in [2.05, 4.69) is 24.4 Å². The molecule has 0 aromatic rings. The lowest BCUT2D eigenvalue weighted by atomic mass is 9.94. The summed E-state index contributed by atoms with van der Waals surface area (Å²) in [5.74, 6) is 0.609. The zero-order valence-electron chi connectivity index (χ0n) is 11.5. The summed E-state index contributed by atoms with van der Waals surface area (Å²) in [7, 11) is 0. The van der Waals surface area contributed by atoms with Gasteiger partial charge < -0.3 is 5.32 Å². The molecule has 19 heavy (non-hydrogen) atoms. The van der Waals surface area contributed by atoms with Gasteiger partial charge in [0.05, 0.1) is 5.57 Å². The Kier molecular flexibility index (Phi) is 6.35. The van der Waals surface area contributed by atoms with Crippen LogP contribution in [0.4, 0.5) is 13.2 Å². The van der Waals surface area contributed by atoms with Crippen LogP contribution >= 0.6 is 0 Å². The van der Waals surface area contributed by atoms with Crippen molar-refractivity contribution in [1.29, 1.82) is 0 Å².